The van der Waals surface area contributed by atoms with Crippen LogP contribution < -0.4 is 5.32 Å². The molecule has 1 saturated heterocycles. The molecule has 2 aliphatic rings. The van der Waals surface area contributed by atoms with E-state index < -0.39 is 0 Å². The molecule has 0 radical (unpaired) electrons. The maximum atomic E-state index is 11.9. The lowest BCUT2D eigenvalue weighted by atomic mass is 10.3. The molecule has 1 aliphatic heterocycles. The van der Waals surface area contributed by atoms with Gasteiger partial charge in [0.05, 0.1) is 13.2 Å². The first kappa shape index (κ1) is 10.6. The molecular formula is C11H16N4O2. The third kappa shape index (κ3) is 2.41. The molecule has 1 saturated carbocycles. The van der Waals surface area contributed by atoms with Crippen LogP contribution in [0, 0.1) is 0 Å². The standard InChI is InChI=1S/C11H16N4O2/c16-11(15-3-5-17-6-4-15)12-10-7-9(13-14-10)8-1-2-8/h7-8H,1-6H2,(H2,12,13,14,16). The van der Waals surface area contributed by atoms with E-state index in [1.54, 1.807) is 4.90 Å². The molecule has 0 unspecified atom stereocenters. The van der Waals surface area contributed by atoms with Crippen molar-refractivity contribution in [3.63, 3.8) is 0 Å². The number of urea groups is 1. The van der Waals surface area contributed by atoms with E-state index in [1.165, 1.54) is 12.8 Å². The number of hydrogen-bond acceptors (Lipinski definition) is 3. The van der Waals surface area contributed by atoms with Gasteiger partial charge in [-0.1, -0.05) is 0 Å². The summed E-state index contributed by atoms with van der Waals surface area (Å²) in [6.07, 6.45) is 2.44. The molecular weight excluding hydrogens is 220 g/mol. The Morgan fingerprint density at radius 3 is 2.94 bits per heavy atom. The second-order valence-electron chi connectivity index (χ2n) is 4.51. The van der Waals surface area contributed by atoms with Crippen LogP contribution in [0.3, 0.4) is 0 Å². The van der Waals surface area contributed by atoms with Gasteiger partial charge in [0.15, 0.2) is 5.82 Å². The van der Waals surface area contributed by atoms with E-state index in [9.17, 15) is 4.79 Å². The highest BCUT2D eigenvalue weighted by Crippen LogP contribution is 2.39. The first-order valence-corrected chi connectivity index (χ1v) is 6.02. The molecule has 6 nitrogen and oxygen atoms in total. The zero-order valence-corrected chi connectivity index (χ0v) is 9.61. The maximum absolute atomic E-state index is 11.9. The summed E-state index contributed by atoms with van der Waals surface area (Å²) in [5, 5.41) is 9.87. The number of anilines is 1. The number of aromatic amines is 1. The van der Waals surface area contributed by atoms with E-state index in [4.69, 9.17) is 4.74 Å². The quantitative estimate of drug-likeness (QED) is 0.809. The third-order valence-electron chi connectivity index (χ3n) is 3.15. The minimum Gasteiger partial charge on any atom is -0.378 e. The molecule has 2 amide bonds. The monoisotopic (exact) mass is 236 g/mol. The highest BCUT2D eigenvalue weighted by atomic mass is 16.5. The van der Waals surface area contributed by atoms with E-state index in [1.807, 2.05) is 6.07 Å². The average Bonchev–Trinajstić information content (AvgIpc) is 3.12. The van der Waals surface area contributed by atoms with Gasteiger partial charge >= 0.3 is 6.03 Å². The maximum Gasteiger partial charge on any atom is 0.323 e. The van der Waals surface area contributed by atoms with Crippen molar-refractivity contribution in [2.45, 2.75) is 18.8 Å². The van der Waals surface area contributed by atoms with Crippen molar-refractivity contribution in [3.8, 4) is 0 Å². The molecule has 0 atom stereocenters. The lowest BCUT2D eigenvalue weighted by molar-refractivity contribution is 0.0564. The van der Waals surface area contributed by atoms with Gasteiger partial charge in [0.1, 0.15) is 0 Å². The smallest absolute Gasteiger partial charge is 0.323 e. The summed E-state index contributed by atoms with van der Waals surface area (Å²) < 4.78 is 5.20. The molecule has 0 spiro atoms. The molecule has 2 heterocycles. The van der Waals surface area contributed by atoms with E-state index in [0.29, 0.717) is 38.0 Å². The van der Waals surface area contributed by atoms with Gasteiger partial charge in [0.25, 0.3) is 0 Å². The summed E-state index contributed by atoms with van der Waals surface area (Å²) in [4.78, 5) is 13.6. The molecule has 3 rings (SSSR count). The molecule has 0 aromatic carbocycles. The van der Waals surface area contributed by atoms with Gasteiger partial charge in [-0.3, -0.25) is 10.4 Å². The van der Waals surface area contributed by atoms with E-state index >= 15 is 0 Å². The van der Waals surface area contributed by atoms with E-state index in [-0.39, 0.29) is 6.03 Å². The lowest BCUT2D eigenvalue weighted by Gasteiger charge is -2.26. The lowest BCUT2D eigenvalue weighted by Crippen LogP contribution is -2.43. The predicted octanol–water partition coefficient (Wildman–Crippen LogP) is 1.15. The minimum atomic E-state index is -0.0952. The number of ether oxygens (including phenoxy) is 1. The summed E-state index contributed by atoms with van der Waals surface area (Å²) in [6.45, 7) is 2.51. The fourth-order valence-electron chi connectivity index (χ4n) is 1.96. The number of aromatic nitrogens is 2. The summed E-state index contributed by atoms with van der Waals surface area (Å²) in [6, 6.07) is 1.83. The third-order valence-corrected chi connectivity index (χ3v) is 3.15. The van der Waals surface area contributed by atoms with Gasteiger partial charge in [-0.05, 0) is 12.8 Å². The normalized spacial score (nSPS) is 20.4. The van der Waals surface area contributed by atoms with Crippen LogP contribution in [0.1, 0.15) is 24.5 Å². The molecule has 6 heteroatoms. The Morgan fingerprint density at radius 1 is 1.47 bits per heavy atom. The molecule has 0 bridgehead atoms. The zero-order valence-electron chi connectivity index (χ0n) is 9.61. The summed E-state index contributed by atoms with van der Waals surface area (Å²) in [5.41, 5.74) is 1.13. The molecule has 2 N–H and O–H groups in total. The van der Waals surface area contributed by atoms with Crippen LogP contribution in [0.4, 0.5) is 10.6 Å². The average molecular weight is 236 g/mol. The number of nitrogens with zero attached hydrogens (tertiary/aromatic N) is 2. The van der Waals surface area contributed by atoms with Crippen molar-refractivity contribution in [1.29, 1.82) is 0 Å². The summed E-state index contributed by atoms with van der Waals surface area (Å²) >= 11 is 0. The number of nitrogens with one attached hydrogen (secondary N) is 2. The van der Waals surface area contributed by atoms with Crippen LogP contribution in [-0.2, 0) is 4.74 Å². The van der Waals surface area contributed by atoms with Crippen molar-refractivity contribution >= 4 is 11.8 Å². The first-order chi connectivity index (χ1) is 8.33. The Labute approximate surface area is 99.3 Å². The van der Waals surface area contributed by atoms with Gasteiger partial charge in [0.2, 0.25) is 0 Å². The Kier molecular flexibility index (Phi) is 2.72. The van der Waals surface area contributed by atoms with Crippen molar-refractivity contribution in [2.24, 2.45) is 0 Å². The number of amides is 2. The van der Waals surface area contributed by atoms with Crippen molar-refractivity contribution in [1.82, 2.24) is 15.1 Å². The minimum absolute atomic E-state index is 0.0952. The summed E-state index contributed by atoms with van der Waals surface area (Å²) in [7, 11) is 0. The molecule has 17 heavy (non-hydrogen) atoms. The van der Waals surface area contributed by atoms with Gasteiger partial charge in [-0.15, -0.1) is 0 Å². The Hall–Kier alpha value is -1.56. The topological polar surface area (TPSA) is 70.2 Å². The number of hydrogen-bond donors (Lipinski definition) is 2. The Bertz CT molecular complexity index is 407. The van der Waals surface area contributed by atoms with Crippen LogP contribution in [0.15, 0.2) is 6.07 Å². The first-order valence-electron chi connectivity index (χ1n) is 6.02. The number of rotatable bonds is 2. The highest BCUT2D eigenvalue weighted by Gasteiger charge is 2.26. The molecule has 2 fully saturated rings. The fourth-order valence-corrected chi connectivity index (χ4v) is 1.96. The van der Waals surface area contributed by atoms with E-state index in [2.05, 4.69) is 15.5 Å². The highest BCUT2D eigenvalue weighted by molar-refractivity contribution is 5.88. The van der Waals surface area contributed by atoms with Crippen LogP contribution in [0.2, 0.25) is 0 Å². The fraction of sp³-hybridized carbons (Fsp3) is 0.636. The number of carbonyl (C=O) groups excluding carboxylic acids is 1. The number of morpholine rings is 1. The van der Waals surface area contributed by atoms with Crippen LogP contribution in [0.5, 0.6) is 0 Å². The molecule has 1 aromatic heterocycles. The van der Waals surface area contributed by atoms with Gasteiger partial charge < -0.3 is 9.64 Å². The SMILES string of the molecule is O=C(Nc1cc(C2CC2)[nH]n1)N1CCOCC1. The van der Waals surface area contributed by atoms with Crippen molar-refractivity contribution in [3.05, 3.63) is 11.8 Å². The Morgan fingerprint density at radius 2 is 2.24 bits per heavy atom. The van der Waals surface area contributed by atoms with Crippen LogP contribution in [-0.4, -0.2) is 47.4 Å². The molecule has 1 aliphatic carbocycles. The molecule has 92 valence electrons. The van der Waals surface area contributed by atoms with E-state index in [0.717, 1.165) is 5.69 Å². The van der Waals surface area contributed by atoms with Crippen molar-refractivity contribution < 1.29 is 9.53 Å². The van der Waals surface area contributed by atoms with Crippen molar-refractivity contribution in [2.75, 3.05) is 31.6 Å². The van der Waals surface area contributed by atoms with Crippen LogP contribution in [0.25, 0.3) is 0 Å². The van der Waals surface area contributed by atoms with Gasteiger partial charge in [0, 0.05) is 30.8 Å². The molecule has 1 aromatic rings. The largest absolute Gasteiger partial charge is 0.378 e. The number of carbonyl (C=O) groups is 1. The predicted molar refractivity (Wildman–Crippen MR) is 62.0 cm³/mol. The Balaban J connectivity index is 1.58. The second kappa shape index (κ2) is 4.37. The summed E-state index contributed by atoms with van der Waals surface area (Å²) in [5.74, 6) is 1.24. The van der Waals surface area contributed by atoms with Crippen LogP contribution >= 0.6 is 0 Å². The van der Waals surface area contributed by atoms with Gasteiger partial charge in [-0.2, -0.15) is 5.10 Å². The zero-order chi connectivity index (χ0) is 11.7. The second-order valence-corrected chi connectivity index (χ2v) is 4.51. The van der Waals surface area contributed by atoms with Gasteiger partial charge in [-0.25, -0.2) is 4.79 Å². The number of H-pyrrole nitrogens is 1.